The van der Waals surface area contributed by atoms with Crippen molar-refractivity contribution in [3.63, 3.8) is 0 Å². The predicted molar refractivity (Wildman–Crippen MR) is 220 cm³/mol. The molecule has 0 aliphatic heterocycles. The zero-order valence-corrected chi connectivity index (χ0v) is 34.9. The molecule has 4 N–H and O–H groups in total. The highest BCUT2D eigenvalue weighted by atomic mass is 33.1. The first kappa shape index (κ1) is 43.6. The minimum Gasteiger partial charge on any atom is -0.482 e. The first-order chi connectivity index (χ1) is 27.2. The number of nitrogens with zero attached hydrogens (tertiary/aromatic N) is 2. The van der Waals surface area contributed by atoms with Crippen LogP contribution in [0.3, 0.4) is 0 Å². The molecule has 314 valence electrons. The normalized spacial score (nSPS) is 32.4. The van der Waals surface area contributed by atoms with Gasteiger partial charge in [-0.25, -0.2) is 0 Å². The fourth-order valence-corrected chi connectivity index (χ4v) is 13.4. The summed E-state index contributed by atoms with van der Waals surface area (Å²) in [6.07, 6.45) is 7.71. The standard InChI is InChI=1S/C42H59N3O10S2/c1-26(5-14-39(48)49)32-11-12-33-40-34(24-38(47)42(32,33)3)41(2)16-15-30(21-28(41)22-36(40)46)54-19-18-43-17-4-20-56-57-31-9-6-27(7-10-31)25-55-37-13-8-29(44(50)51)23-35(37)45(52)53/h6-10,13,23,26,28,30,32-34,36,38,40,43,46-47H,4-5,11-12,14-22,24-25H2,1-3H3,(H,48,49)/t26-,28+,30-,32+,33+,34+,36-,38+,40+,41+,42-/m1/s1. The second-order valence-electron chi connectivity index (χ2n) is 17.4. The van der Waals surface area contributed by atoms with Gasteiger partial charge in [-0.3, -0.25) is 25.0 Å². The number of aliphatic carboxylic acids is 1. The highest BCUT2D eigenvalue weighted by molar-refractivity contribution is 8.76. The van der Waals surface area contributed by atoms with Crippen LogP contribution < -0.4 is 10.1 Å². The maximum atomic E-state index is 11.8. The summed E-state index contributed by atoms with van der Waals surface area (Å²) in [4.78, 5) is 33.3. The predicted octanol–water partition coefficient (Wildman–Crippen LogP) is 8.29. The Labute approximate surface area is 343 Å². The van der Waals surface area contributed by atoms with Crippen LogP contribution in [0.2, 0.25) is 0 Å². The van der Waals surface area contributed by atoms with Gasteiger partial charge in [0.25, 0.3) is 5.69 Å². The van der Waals surface area contributed by atoms with Crippen LogP contribution in [0.15, 0.2) is 47.4 Å². The molecule has 0 amide bonds. The molecule has 2 aromatic carbocycles. The van der Waals surface area contributed by atoms with Crippen LogP contribution in [0.1, 0.15) is 90.5 Å². The lowest BCUT2D eigenvalue weighted by molar-refractivity contribution is -0.394. The van der Waals surface area contributed by atoms with Gasteiger partial charge in [0, 0.05) is 29.7 Å². The first-order valence-corrected chi connectivity index (χ1v) is 22.9. The number of nitrogens with one attached hydrogen (secondary N) is 1. The molecule has 57 heavy (non-hydrogen) atoms. The van der Waals surface area contributed by atoms with E-state index in [1.165, 1.54) is 12.1 Å². The van der Waals surface area contributed by atoms with Crippen molar-refractivity contribution in [2.75, 3.05) is 25.4 Å². The number of rotatable bonds is 19. The van der Waals surface area contributed by atoms with E-state index in [0.29, 0.717) is 18.9 Å². The third-order valence-corrected chi connectivity index (χ3v) is 16.8. The average Bonchev–Trinajstić information content (AvgIpc) is 3.54. The average molecular weight is 830 g/mol. The van der Waals surface area contributed by atoms with E-state index in [2.05, 4.69) is 26.1 Å². The van der Waals surface area contributed by atoms with Gasteiger partial charge < -0.3 is 30.1 Å². The van der Waals surface area contributed by atoms with Crippen molar-refractivity contribution in [2.45, 2.75) is 115 Å². The molecule has 0 radical (unpaired) electrons. The Morgan fingerprint density at radius 1 is 1.00 bits per heavy atom. The molecular formula is C42H59N3O10S2. The maximum Gasteiger partial charge on any atom is 0.317 e. The number of hydrogen-bond donors (Lipinski definition) is 4. The summed E-state index contributed by atoms with van der Waals surface area (Å²) in [5.74, 6) is 1.81. The largest absolute Gasteiger partial charge is 0.482 e. The zero-order chi connectivity index (χ0) is 40.9. The molecule has 6 rings (SSSR count). The van der Waals surface area contributed by atoms with Crippen molar-refractivity contribution in [2.24, 2.45) is 46.3 Å². The molecule has 4 aliphatic carbocycles. The molecule has 11 atom stereocenters. The Bertz CT molecular complexity index is 1720. The molecule has 0 heterocycles. The second kappa shape index (κ2) is 19.0. The summed E-state index contributed by atoms with van der Waals surface area (Å²) in [7, 11) is 3.46. The Morgan fingerprint density at radius 3 is 2.49 bits per heavy atom. The summed E-state index contributed by atoms with van der Waals surface area (Å²) in [6, 6.07) is 11.1. The Morgan fingerprint density at radius 2 is 1.77 bits per heavy atom. The molecule has 0 aromatic heterocycles. The number of nitro groups is 2. The monoisotopic (exact) mass is 829 g/mol. The minimum atomic E-state index is -0.762. The quantitative estimate of drug-likeness (QED) is 0.0458. The van der Waals surface area contributed by atoms with Crippen molar-refractivity contribution < 1.29 is 39.4 Å². The third-order valence-electron chi connectivity index (χ3n) is 14.4. The van der Waals surface area contributed by atoms with Crippen LogP contribution in [0.25, 0.3) is 0 Å². The van der Waals surface area contributed by atoms with E-state index >= 15 is 0 Å². The number of hydrogen-bond acceptors (Lipinski definition) is 12. The topological polar surface area (TPSA) is 195 Å². The van der Waals surface area contributed by atoms with Gasteiger partial charge in [0.15, 0.2) is 5.75 Å². The zero-order valence-electron chi connectivity index (χ0n) is 33.3. The lowest BCUT2D eigenvalue weighted by Gasteiger charge is -2.63. The number of aliphatic hydroxyl groups excluding tert-OH is 2. The number of benzene rings is 2. The van der Waals surface area contributed by atoms with Gasteiger partial charge in [-0.15, -0.1) is 0 Å². The van der Waals surface area contributed by atoms with Crippen LogP contribution in [0, 0.1) is 66.6 Å². The number of carboxylic acids is 1. The first-order valence-electron chi connectivity index (χ1n) is 20.6. The van der Waals surface area contributed by atoms with E-state index in [-0.39, 0.29) is 77.1 Å². The number of aliphatic hydroxyl groups is 2. The van der Waals surface area contributed by atoms with Crippen LogP contribution in [-0.2, 0) is 16.1 Å². The molecule has 4 fully saturated rings. The molecule has 4 saturated carbocycles. The molecule has 0 saturated heterocycles. The molecule has 4 aliphatic rings. The van der Waals surface area contributed by atoms with Gasteiger partial charge in [-0.05, 0) is 134 Å². The number of ether oxygens (including phenoxy) is 2. The van der Waals surface area contributed by atoms with E-state index in [1.807, 2.05) is 24.3 Å². The van der Waals surface area contributed by atoms with Gasteiger partial charge in [-0.2, -0.15) is 0 Å². The lowest BCUT2D eigenvalue weighted by atomic mass is 9.43. The highest BCUT2D eigenvalue weighted by Crippen LogP contribution is 2.68. The van der Waals surface area contributed by atoms with Crippen molar-refractivity contribution in [3.8, 4) is 5.75 Å². The van der Waals surface area contributed by atoms with E-state index in [1.54, 1.807) is 21.6 Å². The molecule has 0 spiro atoms. The van der Waals surface area contributed by atoms with Crippen LogP contribution >= 0.6 is 21.6 Å². The minimum absolute atomic E-state index is 0.0174. The van der Waals surface area contributed by atoms with Crippen molar-refractivity contribution in [3.05, 3.63) is 68.3 Å². The highest BCUT2D eigenvalue weighted by Gasteiger charge is 2.65. The smallest absolute Gasteiger partial charge is 0.317 e. The van der Waals surface area contributed by atoms with Gasteiger partial charge >= 0.3 is 11.7 Å². The summed E-state index contributed by atoms with van der Waals surface area (Å²) < 4.78 is 12.0. The van der Waals surface area contributed by atoms with Crippen molar-refractivity contribution in [1.82, 2.24) is 5.32 Å². The molecule has 0 unspecified atom stereocenters. The summed E-state index contributed by atoms with van der Waals surface area (Å²) in [5, 5.41) is 58.7. The molecular weight excluding hydrogens is 771 g/mol. The number of nitro benzene ring substituents is 2. The third kappa shape index (κ3) is 9.75. The SMILES string of the molecule is C[C@H](CCC(=O)O)[C@@H]1CC[C@H]2[C@@H]3[C@H](O)C[C@@H]4C[C@H](OCCNCCCSSc5ccc(COc6ccc([N+](=O)[O-])cc6[N+](=O)[O-])cc5)CC[C@]4(C)[C@H]3C[C@H](O)[C@@]21C. The maximum absolute atomic E-state index is 11.8. The molecule has 0 bridgehead atoms. The Kier molecular flexibility index (Phi) is 14.5. The number of fused-ring (bicyclic) bond motifs is 5. The molecule has 15 heteroatoms. The number of non-ortho nitro benzene ring substituents is 1. The van der Waals surface area contributed by atoms with Crippen LogP contribution in [-0.4, -0.2) is 74.9 Å². The van der Waals surface area contributed by atoms with Gasteiger partial charge in [0.05, 0.1) is 40.8 Å². The summed E-state index contributed by atoms with van der Waals surface area (Å²) in [6.45, 7) is 9.24. The van der Waals surface area contributed by atoms with Crippen LogP contribution in [0.5, 0.6) is 5.75 Å². The van der Waals surface area contributed by atoms with Crippen molar-refractivity contribution >= 4 is 38.9 Å². The van der Waals surface area contributed by atoms with Crippen molar-refractivity contribution in [1.29, 1.82) is 0 Å². The van der Waals surface area contributed by atoms with Gasteiger partial charge in [-0.1, -0.05) is 54.5 Å². The van der Waals surface area contributed by atoms with Gasteiger partial charge in [0.2, 0.25) is 0 Å². The summed E-state index contributed by atoms with van der Waals surface area (Å²) >= 11 is 0. The Balaban J connectivity index is 0.864. The van der Waals surface area contributed by atoms with E-state index in [9.17, 15) is 40.3 Å². The molecule has 2 aromatic rings. The number of carbonyl (C=O) groups is 1. The van der Waals surface area contributed by atoms with E-state index < -0.39 is 27.6 Å². The Hall–Kier alpha value is -2.95. The van der Waals surface area contributed by atoms with Crippen LogP contribution in [0.4, 0.5) is 11.4 Å². The number of carboxylic acid groups (broad SMARTS) is 1. The van der Waals surface area contributed by atoms with E-state index in [4.69, 9.17) is 9.47 Å². The summed E-state index contributed by atoms with van der Waals surface area (Å²) in [5.41, 5.74) is -0.182. The fraction of sp³-hybridized carbons (Fsp3) is 0.690. The fourth-order valence-electron chi connectivity index (χ4n) is 11.3. The lowest BCUT2D eigenvalue weighted by Crippen LogP contribution is -2.62. The molecule has 13 nitrogen and oxygen atoms in total. The van der Waals surface area contributed by atoms with E-state index in [0.717, 1.165) is 86.7 Å². The second-order valence-corrected chi connectivity index (χ2v) is 19.9. The van der Waals surface area contributed by atoms with Gasteiger partial charge in [0.1, 0.15) is 6.61 Å².